The first-order valence-corrected chi connectivity index (χ1v) is 5.55. The fraction of sp³-hybridized carbons (Fsp3) is 0.500. The molecule has 5 heteroatoms. The van der Waals surface area contributed by atoms with Crippen molar-refractivity contribution in [2.24, 2.45) is 5.92 Å². The average Bonchev–Trinajstić information content (AvgIpc) is 2.28. The number of halogens is 1. The van der Waals surface area contributed by atoms with Crippen molar-refractivity contribution in [3.8, 4) is 0 Å². The summed E-state index contributed by atoms with van der Waals surface area (Å²) in [7, 11) is 1.76. The van der Waals surface area contributed by atoms with E-state index in [0.717, 1.165) is 18.7 Å². The molecule has 0 saturated carbocycles. The number of rotatable bonds is 5. The Morgan fingerprint density at radius 3 is 2.82 bits per heavy atom. The SMILES string of the molecule is CCC(C)CN(C)c1ncc(F)cc1C(=O)O. The van der Waals surface area contributed by atoms with Gasteiger partial charge >= 0.3 is 5.97 Å². The number of carbonyl (C=O) groups is 1. The van der Waals surface area contributed by atoms with Crippen LogP contribution in [0.15, 0.2) is 12.3 Å². The molecule has 4 nitrogen and oxygen atoms in total. The Kier molecular flexibility index (Phi) is 4.43. The van der Waals surface area contributed by atoms with Crippen LogP contribution in [0.1, 0.15) is 30.6 Å². The predicted molar refractivity (Wildman–Crippen MR) is 63.9 cm³/mol. The van der Waals surface area contributed by atoms with Crippen LogP contribution in [-0.2, 0) is 0 Å². The molecule has 1 aromatic rings. The molecular weight excluding hydrogens is 223 g/mol. The van der Waals surface area contributed by atoms with Gasteiger partial charge in [-0.1, -0.05) is 20.3 Å². The molecule has 0 aliphatic heterocycles. The number of hydrogen-bond donors (Lipinski definition) is 1. The first kappa shape index (κ1) is 13.4. The number of hydrogen-bond acceptors (Lipinski definition) is 3. The van der Waals surface area contributed by atoms with E-state index in [1.165, 1.54) is 0 Å². The van der Waals surface area contributed by atoms with Crippen molar-refractivity contribution < 1.29 is 14.3 Å². The summed E-state index contributed by atoms with van der Waals surface area (Å²) < 4.78 is 13.0. The Balaban J connectivity index is 3.00. The zero-order valence-electron chi connectivity index (χ0n) is 10.3. The molecule has 0 aliphatic rings. The van der Waals surface area contributed by atoms with Crippen LogP contribution in [0.3, 0.4) is 0 Å². The van der Waals surface area contributed by atoms with Crippen molar-refractivity contribution >= 4 is 11.8 Å². The minimum absolute atomic E-state index is 0.101. The van der Waals surface area contributed by atoms with Crippen molar-refractivity contribution in [1.82, 2.24) is 4.98 Å². The minimum Gasteiger partial charge on any atom is -0.478 e. The van der Waals surface area contributed by atoms with E-state index >= 15 is 0 Å². The lowest BCUT2D eigenvalue weighted by atomic mass is 10.1. The van der Waals surface area contributed by atoms with Crippen molar-refractivity contribution in [2.45, 2.75) is 20.3 Å². The van der Waals surface area contributed by atoms with E-state index < -0.39 is 11.8 Å². The van der Waals surface area contributed by atoms with Crippen molar-refractivity contribution in [1.29, 1.82) is 0 Å². The highest BCUT2D eigenvalue weighted by molar-refractivity contribution is 5.93. The normalized spacial score (nSPS) is 12.2. The summed E-state index contributed by atoms with van der Waals surface area (Å²) in [6.45, 7) is 4.82. The van der Waals surface area contributed by atoms with E-state index in [4.69, 9.17) is 5.11 Å². The van der Waals surface area contributed by atoms with Crippen molar-refractivity contribution in [3.63, 3.8) is 0 Å². The zero-order chi connectivity index (χ0) is 13.0. The second-order valence-corrected chi connectivity index (χ2v) is 4.22. The number of aromatic carboxylic acids is 1. The number of aromatic nitrogens is 1. The minimum atomic E-state index is -1.16. The van der Waals surface area contributed by atoms with Crippen LogP contribution in [0.4, 0.5) is 10.2 Å². The molecule has 17 heavy (non-hydrogen) atoms. The molecule has 1 unspecified atom stereocenters. The van der Waals surface area contributed by atoms with E-state index in [9.17, 15) is 9.18 Å². The molecule has 1 rings (SSSR count). The second kappa shape index (κ2) is 5.61. The van der Waals surface area contributed by atoms with Gasteiger partial charge in [0.2, 0.25) is 0 Å². The lowest BCUT2D eigenvalue weighted by Crippen LogP contribution is -2.26. The summed E-state index contributed by atoms with van der Waals surface area (Å²) in [5.74, 6) is -1.07. The summed E-state index contributed by atoms with van der Waals surface area (Å²) >= 11 is 0. The standard InChI is InChI=1S/C12H17FN2O2/c1-4-8(2)7-15(3)11-10(12(16)17)5-9(13)6-14-11/h5-6,8H,4,7H2,1-3H3,(H,16,17). The van der Waals surface area contributed by atoms with E-state index in [1.807, 2.05) is 0 Å². The van der Waals surface area contributed by atoms with Crippen LogP contribution >= 0.6 is 0 Å². The molecule has 0 spiro atoms. The quantitative estimate of drug-likeness (QED) is 0.858. The zero-order valence-corrected chi connectivity index (χ0v) is 10.3. The molecule has 0 fully saturated rings. The summed E-state index contributed by atoms with van der Waals surface area (Å²) in [6, 6.07) is 0.998. The second-order valence-electron chi connectivity index (χ2n) is 4.22. The lowest BCUT2D eigenvalue weighted by molar-refractivity contribution is 0.0696. The molecule has 94 valence electrons. The Hall–Kier alpha value is -1.65. The van der Waals surface area contributed by atoms with Gasteiger partial charge in [0.25, 0.3) is 0 Å². The molecule has 1 aromatic heterocycles. The third kappa shape index (κ3) is 3.41. The average molecular weight is 240 g/mol. The summed E-state index contributed by atoms with van der Waals surface area (Å²) in [5.41, 5.74) is -0.101. The first-order chi connectivity index (χ1) is 7.95. The van der Waals surface area contributed by atoms with E-state index in [-0.39, 0.29) is 5.56 Å². The highest BCUT2D eigenvalue weighted by atomic mass is 19.1. The first-order valence-electron chi connectivity index (χ1n) is 5.55. The van der Waals surface area contributed by atoms with Gasteiger partial charge in [0.05, 0.1) is 6.20 Å². The van der Waals surface area contributed by atoms with Gasteiger partial charge in [-0.25, -0.2) is 14.2 Å². The summed E-state index contributed by atoms with van der Waals surface area (Å²) in [6.07, 6.45) is 2.03. The third-order valence-electron chi connectivity index (χ3n) is 2.71. The van der Waals surface area contributed by atoms with Crippen molar-refractivity contribution in [3.05, 3.63) is 23.6 Å². The van der Waals surface area contributed by atoms with Gasteiger partial charge in [-0.05, 0) is 12.0 Å². The highest BCUT2D eigenvalue weighted by Gasteiger charge is 2.17. The van der Waals surface area contributed by atoms with Crippen LogP contribution < -0.4 is 4.90 Å². The van der Waals surface area contributed by atoms with Gasteiger partial charge in [0, 0.05) is 13.6 Å². The monoisotopic (exact) mass is 240 g/mol. The van der Waals surface area contributed by atoms with Gasteiger partial charge in [-0.15, -0.1) is 0 Å². The van der Waals surface area contributed by atoms with Gasteiger partial charge in [0.1, 0.15) is 17.2 Å². The number of anilines is 1. The molecule has 0 bridgehead atoms. The molecule has 0 aromatic carbocycles. The van der Waals surface area contributed by atoms with E-state index in [2.05, 4.69) is 18.8 Å². The number of carboxylic acid groups (broad SMARTS) is 1. The van der Waals surface area contributed by atoms with Crippen LogP contribution in [0.25, 0.3) is 0 Å². The van der Waals surface area contributed by atoms with Gasteiger partial charge < -0.3 is 10.0 Å². The van der Waals surface area contributed by atoms with Gasteiger partial charge in [-0.3, -0.25) is 0 Å². The van der Waals surface area contributed by atoms with E-state index in [0.29, 0.717) is 18.3 Å². The molecule has 1 atom stereocenters. The van der Waals surface area contributed by atoms with Crippen molar-refractivity contribution in [2.75, 3.05) is 18.5 Å². The fourth-order valence-electron chi connectivity index (χ4n) is 1.58. The maximum absolute atomic E-state index is 13.0. The van der Waals surface area contributed by atoms with Gasteiger partial charge in [-0.2, -0.15) is 0 Å². The highest BCUT2D eigenvalue weighted by Crippen LogP contribution is 2.19. The Morgan fingerprint density at radius 1 is 1.65 bits per heavy atom. The largest absolute Gasteiger partial charge is 0.478 e. The Bertz CT molecular complexity index is 409. The fourth-order valence-corrected chi connectivity index (χ4v) is 1.58. The predicted octanol–water partition coefficient (Wildman–Crippen LogP) is 2.40. The molecule has 0 saturated heterocycles. The third-order valence-corrected chi connectivity index (χ3v) is 2.71. The van der Waals surface area contributed by atoms with Crippen LogP contribution in [0.5, 0.6) is 0 Å². The maximum atomic E-state index is 13.0. The summed E-state index contributed by atoms with van der Waals surface area (Å²) in [4.78, 5) is 16.6. The Morgan fingerprint density at radius 2 is 2.29 bits per heavy atom. The number of carboxylic acids is 1. The number of nitrogens with zero attached hydrogens (tertiary/aromatic N) is 2. The van der Waals surface area contributed by atoms with Crippen LogP contribution in [-0.4, -0.2) is 29.7 Å². The number of pyridine rings is 1. The summed E-state index contributed by atoms with van der Waals surface area (Å²) in [5, 5.41) is 9.00. The topological polar surface area (TPSA) is 53.4 Å². The molecule has 1 N–H and O–H groups in total. The van der Waals surface area contributed by atoms with Crippen LogP contribution in [0, 0.1) is 11.7 Å². The molecule has 1 heterocycles. The smallest absolute Gasteiger partial charge is 0.339 e. The molecule has 0 radical (unpaired) electrons. The Labute approximate surface area is 100 Å². The lowest BCUT2D eigenvalue weighted by Gasteiger charge is -2.22. The van der Waals surface area contributed by atoms with Gasteiger partial charge in [0.15, 0.2) is 0 Å². The maximum Gasteiger partial charge on any atom is 0.339 e. The van der Waals surface area contributed by atoms with Crippen LogP contribution in [0.2, 0.25) is 0 Å². The molecule has 0 amide bonds. The van der Waals surface area contributed by atoms with E-state index in [1.54, 1.807) is 11.9 Å². The molecule has 0 aliphatic carbocycles. The molecular formula is C12H17FN2O2.